The number of benzene rings is 2. The van der Waals surface area contributed by atoms with Crippen molar-refractivity contribution in [1.82, 2.24) is 10.6 Å². The van der Waals surface area contributed by atoms with E-state index in [0.29, 0.717) is 11.3 Å². The standard InChI is InChI=1S/C18H20FN3O2/c1-12(13-7-9-14(19)10-8-13)22-17(23)11-21-16-6-4-3-5-15(16)18(24)20-2/h3-10,12,21H,11H2,1-2H3,(H,20,24)(H,22,23). The molecule has 0 bridgehead atoms. The monoisotopic (exact) mass is 329 g/mol. The summed E-state index contributed by atoms with van der Waals surface area (Å²) in [6.07, 6.45) is 0. The van der Waals surface area contributed by atoms with E-state index in [1.54, 1.807) is 43.4 Å². The quantitative estimate of drug-likeness (QED) is 0.762. The molecule has 1 atom stereocenters. The number of nitrogens with one attached hydrogen (secondary N) is 3. The van der Waals surface area contributed by atoms with Gasteiger partial charge in [0, 0.05) is 12.7 Å². The molecule has 0 aromatic heterocycles. The van der Waals surface area contributed by atoms with Gasteiger partial charge in [-0.25, -0.2) is 4.39 Å². The van der Waals surface area contributed by atoms with Gasteiger partial charge in [0.15, 0.2) is 0 Å². The van der Waals surface area contributed by atoms with Crippen LogP contribution >= 0.6 is 0 Å². The zero-order valence-electron chi connectivity index (χ0n) is 13.6. The number of amides is 2. The first-order valence-corrected chi connectivity index (χ1v) is 7.61. The normalized spacial score (nSPS) is 11.5. The van der Waals surface area contributed by atoms with Gasteiger partial charge in [-0.3, -0.25) is 9.59 Å². The zero-order chi connectivity index (χ0) is 17.5. The van der Waals surface area contributed by atoms with Crippen LogP contribution in [0.4, 0.5) is 10.1 Å². The summed E-state index contributed by atoms with van der Waals surface area (Å²) in [4.78, 5) is 23.9. The molecule has 2 rings (SSSR count). The van der Waals surface area contributed by atoms with Crippen molar-refractivity contribution in [2.24, 2.45) is 0 Å². The fourth-order valence-electron chi connectivity index (χ4n) is 2.27. The van der Waals surface area contributed by atoms with Crippen LogP contribution < -0.4 is 16.0 Å². The van der Waals surface area contributed by atoms with Gasteiger partial charge in [-0.15, -0.1) is 0 Å². The molecule has 6 heteroatoms. The predicted octanol–water partition coefficient (Wildman–Crippen LogP) is 2.47. The molecule has 0 saturated heterocycles. The van der Waals surface area contributed by atoms with E-state index in [4.69, 9.17) is 0 Å². The van der Waals surface area contributed by atoms with Crippen molar-refractivity contribution in [3.8, 4) is 0 Å². The molecule has 0 aliphatic carbocycles. The molecule has 0 aliphatic rings. The highest BCUT2D eigenvalue weighted by Crippen LogP contribution is 2.15. The third-order valence-corrected chi connectivity index (χ3v) is 3.59. The number of hydrogen-bond acceptors (Lipinski definition) is 3. The first kappa shape index (κ1) is 17.5. The summed E-state index contributed by atoms with van der Waals surface area (Å²) in [5, 5.41) is 8.34. The second-order valence-corrected chi connectivity index (χ2v) is 5.32. The molecule has 0 heterocycles. The Hall–Kier alpha value is -2.89. The number of anilines is 1. The topological polar surface area (TPSA) is 70.2 Å². The van der Waals surface area contributed by atoms with Gasteiger partial charge in [-0.1, -0.05) is 24.3 Å². The number of rotatable bonds is 6. The molecule has 0 radical (unpaired) electrons. The maximum atomic E-state index is 12.9. The Kier molecular flexibility index (Phi) is 5.89. The SMILES string of the molecule is CNC(=O)c1ccccc1NCC(=O)NC(C)c1ccc(F)cc1. The van der Waals surface area contributed by atoms with Crippen LogP contribution in [0, 0.1) is 5.82 Å². The van der Waals surface area contributed by atoms with E-state index < -0.39 is 0 Å². The summed E-state index contributed by atoms with van der Waals surface area (Å²) in [5.74, 6) is -0.763. The molecule has 2 aromatic carbocycles. The molecule has 0 saturated carbocycles. The number of para-hydroxylation sites is 1. The molecule has 24 heavy (non-hydrogen) atoms. The molecule has 0 fully saturated rings. The average Bonchev–Trinajstić information content (AvgIpc) is 2.60. The minimum absolute atomic E-state index is 0.0273. The summed E-state index contributed by atoms with van der Waals surface area (Å²) in [5.41, 5.74) is 1.87. The first-order chi connectivity index (χ1) is 11.5. The van der Waals surface area contributed by atoms with Crippen molar-refractivity contribution in [2.75, 3.05) is 18.9 Å². The van der Waals surface area contributed by atoms with E-state index in [9.17, 15) is 14.0 Å². The summed E-state index contributed by atoms with van der Waals surface area (Å²) in [6, 6.07) is 12.7. The van der Waals surface area contributed by atoms with Gasteiger partial charge in [0.1, 0.15) is 5.82 Å². The first-order valence-electron chi connectivity index (χ1n) is 7.61. The van der Waals surface area contributed by atoms with Crippen LogP contribution in [0.5, 0.6) is 0 Å². The van der Waals surface area contributed by atoms with Crippen LogP contribution in [-0.4, -0.2) is 25.4 Å². The van der Waals surface area contributed by atoms with Crippen molar-refractivity contribution >= 4 is 17.5 Å². The van der Waals surface area contributed by atoms with Gasteiger partial charge in [-0.2, -0.15) is 0 Å². The highest BCUT2D eigenvalue weighted by atomic mass is 19.1. The van der Waals surface area contributed by atoms with Crippen LogP contribution in [0.15, 0.2) is 48.5 Å². The molecule has 5 nitrogen and oxygen atoms in total. The van der Waals surface area contributed by atoms with Gasteiger partial charge in [0.05, 0.1) is 18.2 Å². The van der Waals surface area contributed by atoms with Gasteiger partial charge < -0.3 is 16.0 Å². The molecule has 3 N–H and O–H groups in total. The maximum Gasteiger partial charge on any atom is 0.253 e. The number of carbonyl (C=O) groups is 2. The van der Waals surface area contributed by atoms with Gasteiger partial charge in [-0.05, 0) is 36.8 Å². The van der Waals surface area contributed by atoms with Crippen LogP contribution in [0.2, 0.25) is 0 Å². The van der Waals surface area contributed by atoms with Gasteiger partial charge in [0.25, 0.3) is 5.91 Å². The molecular formula is C18H20FN3O2. The minimum Gasteiger partial charge on any atom is -0.376 e. The van der Waals surface area contributed by atoms with Crippen molar-refractivity contribution in [3.05, 3.63) is 65.5 Å². The van der Waals surface area contributed by atoms with E-state index in [2.05, 4.69) is 16.0 Å². The molecular weight excluding hydrogens is 309 g/mol. The number of hydrogen-bond donors (Lipinski definition) is 3. The van der Waals surface area contributed by atoms with Crippen LogP contribution in [-0.2, 0) is 4.79 Å². The van der Waals surface area contributed by atoms with Gasteiger partial charge in [0.2, 0.25) is 5.91 Å². The molecule has 1 unspecified atom stereocenters. The summed E-state index contributed by atoms with van der Waals surface area (Å²) in [7, 11) is 1.55. The predicted molar refractivity (Wildman–Crippen MR) is 91.3 cm³/mol. The second kappa shape index (κ2) is 8.10. The van der Waals surface area contributed by atoms with Crippen molar-refractivity contribution in [1.29, 1.82) is 0 Å². The third kappa shape index (κ3) is 4.55. The van der Waals surface area contributed by atoms with Crippen LogP contribution in [0.3, 0.4) is 0 Å². The summed E-state index contributed by atoms with van der Waals surface area (Å²) in [6.45, 7) is 1.85. The third-order valence-electron chi connectivity index (χ3n) is 3.59. The van der Waals surface area contributed by atoms with Crippen LogP contribution in [0.25, 0.3) is 0 Å². The Morgan fingerprint density at radius 2 is 1.75 bits per heavy atom. The minimum atomic E-state index is -0.315. The Morgan fingerprint density at radius 3 is 2.42 bits per heavy atom. The number of carbonyl (C=O) groups excluding carboxylic acids is 2. The Balaban J connectivity index is 1.94. The lowest BCUT2D eigenvalue weighted by atomic mass is 10.1. The molecule has 2 aromatic rings. The maximum absolute atomic E-state index is 12.9. The molecule has 0 aliphatic heterocycles. The lowest BCUT2D eigenvalue weighted by molar-refractivity contribution is -0.120. The van der Waals surface area contributed by atoms with E-state index in [1.807, 2.05) is 6.92 Å². The lowest BCUT2D eigenvalue weighted by Crippen LogP contribution is -2.32. The highest BCUT2D eigenvalue weighted by molar-refractivity contribution is 5.99. The average molecular weight is 329 g/mol. The van der Waals surface area contributed by atoms with E-state index in [1.165, 1.54) is 12.1 Å². The Bertz CT molecular complexity index is 716. The highest BCUT2D eigenvalue weighted by Gasteiger charge is 2.12. The lowest BCUT2D eigenvalue weighted by Gasteiger charge is -2.16. The van der Waals surface area contributed by atoms with Gasteiger partial charge >= 0.3 is 0 Å². The fourth-order valence-corrected chi connectivity index (χ4v) is 2.27. The van der Waals surface area contributed by atoms with Crippen molar-refractivity contribution in [3.63, 3.8) is 0 Å². The zero-order valence-corrected chi connectivity index (χ0v) is 13.6. The van der Waals surface area contributed by atoms with E-state index in [0.717, 1.165) is 5.56 Å². The van der Waals surface area contributed by atoms with Crippen molar-refractivity contribution in [2.45, 2.75) is 13.0 Å². The summed E-state index contributed by atoms with van der Waals surface area (Å²) < 4.78 is 12.9. The molecule has 2 amide bonds. The number of halogens is 1. The van der Waals surface area contributed by atoms with E-state index >= 15 is 0 Å². The fraction of sp³-hybridized carbons (Fsp3) is 0.222. The smallest absolute Gasteiger partial charge is 0.253 e. The second-order valence-electron chi connectivity index (χ2n) is 5.32. The van der Waals surface area contributed by atoms with E-state index in [-0.39, 0.29) is 30.2 Å². The summed E-state index contributed by atoms with van der Waals surface area (Å²) >= 11 is 0. The Labute approximate surface area is 140 Å². The molecule has 0 spiro atoms. The Morgan fingerprint density at radius 1 is 1.08 bits per heavy atom. The largest absolute Gasteiger partial charge is 0.376 e. The van der Waals surface area contributed by atoms with Crippen molar-refractivity contribution < 1.29 is 14.0 Å². The molecule has 126 valence electrons. The van der Waals surface area contributed by atoms with Crippen LogP contribution in [0.1, 0.15) is 28.9 Å².